The third kappa shape index (κ3) is 4.98. The summed E-state index contributed by atoms with van der Waals surface area (Å²) in [6.45, 7) is 11.2. The molecule has 0 saturated heterocycles. The van der Waals surface area contributed by atoms with Gasteiger partial charge in [0, 0.05) is 0 Å². The number of rotatable bonds is 5. The summed E-state index contributed by atoms with van der Waals surface area (Å²) in [7, 11) is 0. The van der Waals surface area contributed by atoms with Crippen molar-refractivity contribution >= 4 is 0 Å². The summed E-state index contributed by atoms with van der Waals surface area (Å²) in [5.74, 6) is 0.741. The Bertz CT molecular complexity index is 472. The van der Waals surface area contributed by atoms with Gasteiger partial charge in [0.2, 0.25) is 0 Å². The van der Waals surface area contributed by atoms with Crippen molar-refractivity contribution in [2.75, 3.05) is 0 Å². The number of benzene rings is 1. The van der Waals surface area contributed by atoms with Crippen LogP contribution in [-0.4, -0.2) is 10.7 Å². The van der Waals surface area contributed by atoms with Crippen LogP contribution in [0.2, 0.25) is 0 Å². The maximum absolute atomic E-state index is 10.9. The van der Waals surface area contributed by atoms with Crippen LogP contribution in [0.5, 0.6) is 0 Å². The van der Waals surface area contributed by atoms with Gasteiger partial charge in [0.1, 0.15) is 0 Å². The van der Waals surface area contributed by atoms with Crippen LogP contribution >= 0.6 is 0 Å². The molecule has 0 unspecified atom stereocenters. The summed E-state index contributed by atoms with van der Waals surface area (Å²) in [5, 5.41) is 10.9. The van der Waals surface area contributed by atoms with Gasteiger partial charge in [0.15, 0.2) is 0 Å². The molecular weight excluding hydrogens is 268 g/mol. The molecule has 0 radical (unpaired) electrons. The summed E-state index contributed by atoms with van der Waals surface area (Å²) < 4.78 is 0. The predicted molar refractivity (Wildman–Crippen MR) is 94.9 cm³/mol. The van der Waals surface area contributed by atoms with E-state index in [0.717, 1.165) is 50.9 Å². The van der Waals surface area contributed by atoms with Gasteiger partial charge in [-0.1, -0.05) is 63.3 Å². The van der Waals surface area contributed by atoms with Gasteiger partial charge in [-0.15, -0.1) is 0 Å². The van der Waals surface area contributed by atoms with Crippen molar-refractivity contribution in [3.63, 3.8) is 0 Å². The summed E-state index contributed by atoms with van der Waals surface area (Å²) in [4.78, 5) is 0. The van der Waals surface area contributed by atoms with E-state index in [1.807, 2.05) is 0 Å². The first-order valence-electron chi connectivity index (χ1n) is 8.71. The van der Waals surface area contributed by atoms with E-state index in [4.69, 9.17) is 0 Å². The molecule has 1 N–H and O–H groups in total. The third-order valence-electron chi connectivity index (χ3n) is 5.33. The Kier molecular flexibility index (Phi) is 5.50. The fraction of sp³-hybridized carbons (Fsp3) is 0.619. The van der Waals surface area contributed by atoms with Crippen molar-refractivity contribution in [2.24, 2.45) is 11.3 Å². The van der Waals surface area contributed by atoms with E-state index in [2.05, 4.69) is 57.7 Å². The molecule has 1 heteroatoms. The molecule has 2 rings (SSSR count). The first-order valence-corrected chi connectivity index (χ1v) is 8.71. The molecule has 1 aromatic rings. The summed E-state index contributed by atoms with van der Waals surface area (Å²) in [6, 6.07) is 10.5. The van der Waals surface area contributed by atoms with Crippen LogP contribution < -0.4 is 0 Å². The average molecular weight is 300 g/mol. The standard InChI is InChI=1S/C21H32O/c1-17(10-11-18-8-6-5-7-9-18)16-21(22)14-12-19(13-15-21)20(2,3)4/h5-9,19,22H,1,10-16H2,2-4H3. The number of hydrogen-bond acceptors (Lipinski definition) is 1. The molecule has 1 nitrogen and oxygen atoms in total. The SMILES string of the molecule is C=C(CCc1ccccc1)CC1(O)CCC(C(C)(C)C)CC1. The molecule has 0 amide bonds. The maximum Gasteiger partial charge on any atom is 0.0684 e. The van der Waals surface area contributed by atoms with Crippen LogP contribution in [0, 0.1) is 11.3 Å². The number of aliphatic hydroxyl groups is 1. The van der Waals surface area contributed by atoms with Gasteiger partial charge in [-0.2, -0.15) is 0 Å². The topological polar surface area (TPSA) is 20.2 Å². The van der Waals surface area contributed by atoms with Gasteiger partial charge in [0.05, 0.1) is 5.60 Å². The van der Waals surface area contributed by atoms with Gasteiger partial charge >= 0.3 is 0 Å². The van der Waals surface area contributed by atoms with E-state index in [9.17, 15) is 5.11 Å². The minimum absolute atomic E-state index is 0.367. The first kappa shape index (κ1) is 17.3. The van der Waals surface area contributed by atoms with E-state index in [1.54, 1.807) is 0 Å². The molecule has 0 aromatic heterocycles. The Morgan fingerprint density at radius 1 is 1.18 bits per heavy atom. The van der Waals surface area contributed by atoms with Crippen LogP contribution in [0.15, 0.2) is 42.5 Å². The Balaban J connectivity index is 1.79. The quantitative estimate of drug-likeness (QED) is 0.709. The van der Waals surface area contributed by atoms with Gasteiger partial charge in [-0.05, 0) is 61.8 Å². The van der Waals surface area contributed by atoms with E-state index in [1.165, 1.54) is 11.1 Å². The van der Waals surface area contributed by atoms with Crippen molar-refractivity contribution < 1.29 is 5.11 Å². The molecule has 1 aliphatic rings. The maximum atomic E-state index is 10.9. The minimum atomic E-state index is -0.504. The molecule has 1 saturated carbocycles. The zero-order valence-electron chi connectivity index (χ0n) is 14.6. The van der Waals surface area contributed by atoms with Crippen LogP contribution in [0.4, 0.5) is 0 Å². The minimum Gasteiger partial charge on any atom is -0.390 e. The molecule has 0 spiro atoms. The smallest absolute Gasteiger partial charge is 0.0684 e. The molecule has 22 heavy (non-hydrogen) atoms. The predicted octanol–water partition coefficient (Wildman–Crippen LogP) is 5.53. The third-order valence-corrected chi connectivity index (χ3v) is 5.33. The van der Waals surface area contributed by atoms with Crippen molar-refractivity contribution in [2.45, 2.75) is 71.3 Å². The second-order valence-electron chi connectivity index (χ2n) is 8.28. The van der Waals surface area contributed by atoms with E-state index >= 15 is 0 Å². The number of aryl methyl sites for hydroxylation is 1. The lowest BCUT2D eigenvalue weighted by atomic mass is 9.67. The van der Waals surface area contributed by atoms with Crippen LogP contribution in [-0.2, 0) is 6.42 Å². The Labute approximate surface area is 136 Å². The zero-order chi connectivity index (χ0) is 16.2. The molecule has 1 aliphatic carbocycles. The first-order chi connectivity index (χ1) is 10.3. The fourth-order valence-corrected chi connectivity index (χ4v) is 3.72. The number of hydrogen-bond donors (Lipinski definition) is 1. The van der Waals surface area contributed by atoms with Gasteiger partial charge in [-0.3, -0.25) is 0 Å². The fourth-order valence-electron chi connectivity index (χ4n) is 3.72. The second-order valence-corrected chi connectivity index (χ2v) is 8.28. The molecule has 0 aliphatic heterocycles. The van der Waals surface area contributed by atoms with Crippen LogP contribution in [0.1, 0.15) is 64.9 Å². The lowest BCUT2D eigenvalue weighted by molar-refractivity contribution is -0.0248. The summed E-state index contributed by atoms with van der Waals surface area (Å²) in [6.07, 6.45) is 6.93. The Hall–Kier alpha value is -1.08. The van der Waals surface area contributed by atoms with Crippen molar-refractivity contribution in [3.05, 3.63) is 48.0 Å². The van der Waals surface area contributed by atoms with Gasteiger partial charge in [-0.25, -0.2) is 0 Å². The lowest BCUT2D eigenvalue weighted by Crippen LogP contribution is -2.37. The van der Waals surface area contributed by atoms with Crippen molar-refractivity contribution in [3.8, 4) is 0 Å². The highest BCUT2D eigenvalue weighted by atomic mass is 16.3. The lowest BCUT2D eigenvalue weighted by Gasteiger charge is -2.41. The van der Waals surface area contributed by atoms with E-state index < -0.39 is 5.60 Å². The molecule has 122 valence electrons. The highest BCUT2D eigenvalue weighted by Gasteiger charge is 2.37. The normalized spacial score (nSPS) is 25.9. The van der Waals surface area contributed by atoms with Crippen molar-refractivity contribution in [1.82, 2.24) is 0 Å². The second kappa shape index (κ2) is 7.00. The highest BCUT2D eigenvalue weighted by Crippen LogP contribution is 2.43. The zero-order valence-corrected chi connectivity index (χ0v) is 14.6. The molecule has 0 bridgehead atoms. The molecule has 1 fully saturated rings. The Morgan fingerprint density at radius 2 is 1.77 bits per heavy atom. The van der Waals surface area contributed by atoms with Gasteiger partial charge < -0.3 is 5.11 Å². The monoisotopic (exact) mass is 300 g/mol. The Morgan fingerprint density at radius 3 is 2.32 bits per heavy atom. The molecular formula is C21H32O. The average Bonchev–Trinajstić information content (AvgIpc) is 2.45. The largest absolute Gasteiger partial charge is 0.390 e. The summed E-state index contributed by atoms with van der Waals surface area (Å²) >= 11 is 0. The molecule has 0 heterocycles. The van der Waals surface area contributed by atoms with E-state index in [-0.39, 0.29) is 0 Å². The van der Waals surface area contributed by atoms with Gasteiger partial charge in [0.25, 0.3) is 0 Å². The molecule has 0 atom stereocenters. The van der Waals surface area contributed by atoms with Crippen LogP contribution in [0.3, 0.4) is 0 Å². The van der Waals surface area contributed by atoms with E-state index in [0.29, 0.717) is 5.41 Å². The van der Waals surface area contributed by atoms with Crippen LogP contribution in [0.25, 0.3) is 0 Å². The van der Waals surface area contributed by atoms with Crippen molar-refractivity contribution in [1.29, 1.82) is 0 Å². The molecule has 1 aromatic carbocycles. The highest BCUT2D eigenvalue weighted by molar-refractivity contribution is 5.16. The summed E-state index contributed by atoms with van der Waals surface area (Å²) in [5.41, 5.74) is 2.41.